The summed E-state index contributed by atoms with van der Waals surface area (Å²) >= 11 is 0. The number of amides is 1. The van der Waals surface area contributed by atoms with Gasteiger partial charge in [-0.2, -0.15) is 0 Å². The van der Waals surface area contributed by atoms with Crippen LogP contribution in [0.5, 0.6) is 0 Å². The third kappa shape index (κ3) is 3.30. The molecule has 1 aliphatic rings. The van der Waals surface area contributed by atoms with E-state index in [9.17, 15) is 24.8 Å². The van der Waals surface area contributed by atoms with Gasteiger partial charge < -0.3 is 15.3 Å². The van der Waals surface area contributed by atoms with Crippen molar-refractivity contribution in [2.45, 2.75) is 33.1 Å². The highest BCUT2D eigenvalue weighted by Gasteiger charge is 2.29. The van der Waals surface area contributed by atoms with Crippen LogP contribution in [0.25, 0.3) is 5.70 Å². The second kappa shape index (κ2) is 7.81. The summed E-state index contributed by atoms with van der Waals surface area (Å²) in [7, 11) is 1.45. The Bertz CT molecular complexity index is 827. The van der Waals surface area contributed by atoms with Gasteiger partial charge in [0.1, 0.15) is 5.69 Å². The summed E-state index contributed by atoms with van der Waals surface area (Å²) in [6, 6.07) is 1.43. The van der Waals surface area contributed by atoms with Crippen molar-refractivity contribution in [3.8, 4) is 0 Å². The molecular weight excluding hydrogens is 338 g/mol. The number of hydrogen-bond acceptors (Lipinski definition) is 5. The van der Waals surface area contributed by atoms with Crippen LogP contribution in [0.1, 0.15) is 37.0 Å². The van der Waals surface area contributed by atoms with Crippen LogP contribution >= 0.6 is 0 Å². The number of allylic oxidation sites excluding steroid dienone is 1. The first kappa shape index (κ1) is 19.2. The molecule has 8 heteroatoms. The fourth-order valence-electron chi connectivity index (χ4n) is 3.22. The summed E-state index contributed by atoms with van der Waals surface area (Å²) in [6.45, 7) is 3.68. The molecule has 0 fully saturated rings. The number of nitro groups is 1. The first-order valence-corrected chi connectivity index (χ1v) is 8.26. The minimum absolute atomic E-state index is 0.166. The zero-order valence-corrected chi connectivity index (χ0v) is 14.9. The molecule has 26 heavy (non-hydrogen) atoms. The Morgan fingerprint density at radius 1 is 1.42 bits per heavy atom. The van der Waals surface area contributed by atoms with E-state index in [-0.39, 0.29) is 23.4 Å². The maximum Gasteiger partial charge on any atom is 0.334 e. The molecule has 138 valence electrons. The Morgan fingerprint density at radius 2 is 2.12 bits per heavy atom. The molecule has 1 amide bonds. The highest BCUT2D eigenvalue weighted by molar-refractivity contribution is 5.99. The van der Waals surface area contributed by atoms with Gasteiger partial charge in [-0.1, -0.05) is 19.9 Å². The quantitative estimate of drug-likeness (QED) is 0.439. The SMILES string of the molecule is CCc1cc([N+](=O)[O-])c(N(C)C=O)c(CC)c1C1=C(C(=O)O)CC=CN1. The lowest BCUT2D eigenvalue weighted by Crippen LogP contribution is -2.22. The van der Waals surface area contributed by atoms with E-state index in [0.29, 0.717) is 41.6 Å². The van der Waals surface area contributed by atoms with Crippen molar-refractivity contribution in [1.29, 1.82) is 0 Å². The molecule has 1 aliphatic heterocycles. The highest BCUT2D eigenvalue weighted by Crippen LogP contribution is 2.40. The number of nitrogens with one attached hydrogen (secondary N) is 1. The molecule has 0 aliphatic carbocycles. The maximum atomic E-state index is 11.7. The molecule has 8 nitrogen and oxygen atoms in total. The van der Waals surface area contributed by atoms with Gasteiger partial charge in [0.2, 0.25) is 6.41 Å². The van der Waals surface area contributed by atoms with Crippen molar-refractivity contribution >= 4 is 29.5 Å². The molecule has 1 heterocycles. The Morgan fingerprint density at radius 3 is 2.62 bits per heavy atom. The summed E-state index contributed by atoms with van der Waals surface area (Å²) in [4.78, 5) is 35.2. The number of benzene rings is 1. The summed E-state index contributed by atoms with van der Waals surface area (Å²) < 4.78 is 0. The molecule has 0 aromatic heterocycles. The van der Waals surface area contributed by atoms with E-state index >= 15 is 0 Å². The van der Waals surface area contributed by atoms with Gasteiger partial charge in [0.15, 0.2) is 0 Å². The van der Waals surface area contributed by atoms with Gasteiger partial charge in [0, 0.05) is 25.1 Å². The fourth-order valence-corrected chi connectivity index (χ4v) is 3.22. The number of carboxylic acid groups (broad SMARTS) is 1. The monoisotopic (exact) mass is 359 g/mol. The number of hydrogen-bond donors (Lipinski definition) is 2. The molecule has 0 bridgehead atoms. The average Bonchev–Trinajstić information content (AvgIpc) is 2.65. The van der Waals surface area contributed by atoms with E-state index in [1.807, 2.05) is 13.8 Å². The number of rotatable bonds is 7. The second-order valence-corrected chi connectivity index (χ2v) is 5.85. The van der Waals surface area contributed by atoms with E-state index < -0.39 is 10.9 Å². The number of carbonyl (C=O) groups is 2. The number of nitro benzene ring substituents is 1. The normalized spacial score (nSPS) is 13.3. The van der Waals surface area contributed by atoms with Crippen LogP contribution < -0.4 is 10.2 Å². The number of carboxylic acids is 1. The largest absolute Gasteiger partial charge is 0.478 e. The highest BCUT2D eigenvalue weighted by atomic mass is 16.6. The molecule has 1 aromatic rings. The van der Waals surface area contributed by atoms with Crippen molar-refractivity contribution in [3.63, 3.8) is 0 Å². The van der Waals surface area contributed by atoms with Crippen LogP contribution in [0.3, 0.4) is 0 Å². The van der Waals surface area contributed by atoms with Crippen molar-refractivity contribution < 1.29 is 19.6 Å². The standard InChI is InChI=1S/C18H21N3O5/c1-4-11-9-14(21(25)26)17(20(3)10-22)12(5-2)15(11)16-13(18(23)24)7-6-8-19-16/h6,8-10,19H,4-5,7H2,1-3H3,(H,23,24). The predicted molar refractivity (Wildman–Crippen MR) is 97.8 cm³/mol. The molecule has 0 radical (unpaired) electrons. The third-order valence-electron chi connectivity index (χ3n) is 4.38. The van der Waals surface area contributed by atoms with E-state index in [1.54, 1.807) is 12.3 Å². The smallest absolute Gasteiger partial charge is 0.334 e. The van der Waals surface area contributed by atoms with Gasteiger partial charge >= 0.3 is 5.97 Å². The maximum absolute atomic E-state index is 11.7. The van der Waals surface area contributed by atoms with E-state index in [4.69, 9.17) is 0 Å². The lowest BCUT2D eigenvalue weighted by Gasteiger charge is -2.25. The van der Waals surface area contributed by atoms with Crippen LogP contribution in [0, 0.1) is 10.1 Å². The second-order valence-electron chi connectivity index (χ2n) is 5.85. The molecule has 2 rings (SSSR count). The van der Waals surface area contributed by atoms with Gasteiger partial charge in [0.05, 0.1) is 16.2 Å². The first-order valence-electron chi connectivity index (χ1n) is 8.26. The van der Waals surface area contributed by atoms with Crippen molar-refractivity contribution in [2.75, 3.05) is 11.9 Å². The number of nitrogens with zero attached hydrogens (tertiary/aromatic N) is 2. The molecule has 0 saturated heterocycles. The van der Waals surface area contributed by atoms with Crippen LogP contribution in [0.4, 0.5) is 11.4 Å². The van der Waals surface area contributed by atoms with Gasteiger partial charge in [-0.15, -0.1) is 0 Å². The minimum atomic E-state index is -1.05. The predicted octanol–water partition coefficient (Wildman–Crippen LogP) is 2.61. The molecular formula is C18H21N3O5. The lowest BCUT2D eigenvalue weighted by atomic mass is 9.88. The van der Waals surface area contributed by atoms with Gasteiger partial charge in [-0.25, -0.2) is 4.79 Å². The summed E-state index contributed by atoms with van der Waals surface area (Å²) in [5.74, 6) is -1.05. The Kier molecular flexibility index (Phi) is 5.76. The fraction of sp³-hybridized carbons (Fsp3) is 0.333. The zero-order chi connectivity index (χ0) is 19.4. The van der Waals surface area contributed by atoms with E-state index in [0.717, 1.165) is 0 Å². The number of anilines is 1. The Hall–Kier alpha value is -3.16. The zero-order valence-electron chi connectivity index (χ0n) is 14.9. The summed E-state index contributed by atoms with van der Waals surface area (Å²) in [5.41, 5.74) is 2.48. The Labute approximate surface area is 151 Å². The molecule has 0 spiro atoms. The molecule has 0 unspecified atom stereocenters. The van der Waals surface area contributed by atoms with Crippen LogP contribution in [-0.2, 0) is 22.4 Å². The van der Waals surface area contributed by atoms with Gasteiger partial charge in [-0.05, 0) is 30.2 Å². The molecule has 0 saturated carbocycles. The van der Waals surface area contributed by atoms with Gasteiger partial charge in [0.25, 0.3) is 5.69 Å². The van der Waals surface area contributed by atoms with Crippen LogP contribution in [0.15, 0.2) is 23.9 Å². The van der Waals surface area contributed by atoms with E-state index in [1.165, 1.54) is 18.0 Å². The van der Waals surface area contributed by atoms with Crippen molar-refractivity contribution in [2.24, 2.45) is 0 Å². The van der Waals surface area contributed by atoms with E-state index in [2.05, 4.69) is 5.32 Å². The number of dihydropyridines is 1. The number of aliphatic carboxylic acids is 1. The average molecular weight is 359 g/mol. The lowest BCUT2D eigenvalue weighted by molar-refractivity contribution is -0.384. The Balaban J connectivity index is 2.94. The van der Waals surface area contributed by atoms with Crippen LogP contribution in [0.2, 0.25) is 0 Å². The van der Waals surface area contributed by atoms with Crippen molar-refractivity contribution in [3.05, 3.63) is 50.7 Å². The van der Waals surface area contributed by atoms with Crippen molar-refractivity contribution in [1.82, 2.24) is 5.32 Å². The summed E-state index contributed by atoms with van der Waals surface area (Å²) in [5, 5.41) is 24.1. The van der Waals surface area contributed by atoms with Crippen LogP contribution in [-0.4, -0.2) is 29.5 Å². The third-order valence-corrected chi connectivity index (χ3v) is 4.38. The minimum Gasteiger partial charge on any atom is -0.478 e. The van der Waals surface area contributed by atoms with Gasteiger partial charge in [-0.3, -0.25) is 14.9 Å². The number of carbonyl (C=O) groups excluding carboxylic acids is 1. The number of aryl methyl sites for hydroxylation is 1. The summed E-state index contributed by atoms with van der Waals surface area (Å²) in [6.07, 6.45) is 5.01. The molecule has 1 aromatic carbocycles. The molecule has 0 atom stereocenters. The molecule has 2 N–H and O–H groups in total. The first-order chi connectivity index (χ1) is 12.4. The topological polar surface area (TPSA) is 113 Å².